The van der Waals surface area contributed by atoms with Gasteiger partial charge in [0.1, 0.15) is 10.5 Å². The Morgan fingerprint density at radius 1 is 0.957 bits per heavy atom. The van der Waals surface area contributed by atoms with Crippen LogP contribution in [0.5, 0.6) is 0 Å². The monoisotopic (exact) mass is 669 g/mol. The molecule has 1 N–H and O–H groups in total. The van der Waals surface area contributed by atoms with Crippen molar-refractivity contribution in [3.8, 4) is 11.8 Å². The molecule has 9 heteroatoms. The summed E-state index contributed by atoms with van der Waals surface area (Å²) in [6.45, 7) is 12.1. The Bertz CT molecular complexity index is 1310. The van der Waals surface area contributed by atoms with Crippen LogP contribution in [0.1, 0.15) is 133 Å². The number of carbonyl (C=O) groups excluding carboxylic acids is 2. The average Bonchev–Trinajstić information content (AvgIpc) is 3.71. The second kappa shape index (κ2) is 15.4. The van der Waals surface area contributed by atoms with Crippen LogP contribution in [0, 0.1) is 40.9 Å². The summed E-state index contributed by atoms with van der Waals surface area (Å²) in [5.74, 6) is 6.24. The number of carboxylic acid groups (broad SMARTS) is 1. The number of anilines is 1. The Kier molecular flexibility index (Phi) is 11.8. The number of carbonyl (C=O) groups is 3. The third-order valence-electron chi connectivity index (χ3n) is 10.7. The van der Waals surface area contributed by atoms with Crippen molar-refractivity contribution in [1.82, 2.24) is 0 Å². The van der Waals surface area contributed by atoms with Crippen molar-refractivity contribution in [2.45, 2.75) is 136 Å². The van der Waals surface area contributed by atoms with Gasteiger partial charge in [0, 0.05) is 24.0 Å². The minimum absolute atomic E-state index is 0.0118. The van der Waals surface area contributed by atoms with Crippen molar-refractivity contribution in [1.29, 1.82) is 0 Å². The second-order valence-corrected chi connectivity index (χ2v) is 16.9. The molecule has 1 aromatic rings. The highest BCUT2D eigenvalue weighted by atomic mass is 32.1. The first kappa shape index (κ1) is 35.9. The van der Waals surface area contributed by atoms with E-state index >= 15 is 0 Å². The minimum atomic E-state index is -1.04. The van der Waals surface area contributed by atoms with Crippen LogP contribution in [0.15, 0.2) is 6.07 Å². The Morgan fingerprint density at radius 3 is 2.13 bits per heavy atom. The van der Waals surface area contributed by atoms with Gasteiger partial charge in [-0.25, -0.2) is 4.79 Å². The summed E-state index contributed by atoms with van der Waals surface area (Å²) >= 11 is 1.14. The lowest BCUT2D eigenvalue weighted by atomic mass is 9.79. The molecule has 4 aliphatic rings. The number of aromatic carboxylic acids is 1. The number of rotatable bonds is 9. The zero-order valence-corrected chi connectivity index (χ0v) is 29.9. The second-order valence-electron chi connectivity index (χ2n) is 15.9. The van der Waals surface area contributed by atoms with Crippen LogP contribution in [0.25, 0.3) is 0 Å². The van der Waals surface area contributed by atoms with Crippen molar-refractivity contribution < 1.29 is 33.7 Å². The predicted octanol–water partition coefficient (Wildman–Crippen LogP) is 7.86. The van der Waals surface area contributed by atoms with Crippen LogP contribution in [-0.4, -0.2) is 60.5 Å². The van der Waals surface area contributed by atoms with Gasteiger partial charge >= 0.3 is 11.9 Å². The zero-order chi connectivity index (χ0) is 33.8. The van der Waals surface area contributed by atoms with Crippen LogP contribution in [0.3, 0.4) is 0 Å². The van der Waals surface area contributed by atoms with E-state index in [0.29, 0.717) is 67.9 Å². The lowest BCUT2D eigenvalue weighted by Crippen LogP contribution is -2.52. The fraction of sp³-hybridized carbons (Fsp3) is 0.763. The fourth-order valence-electron chi connectivity index (χ4n) is 7.59. The fourth-order valence-corrected chi connectivity index (χ4v) is 8.43. The van der Waals surface area contributed by atoms with E-state index in [0.717, 1.165) is 69.1 Å². The largest absolute Gasteiger partial charge is 0.477 e. The van der Waals surface area contributed by atoms with Gasteiger partial charge in [-0.3, -0.25) is 9.59 Å². The SMILES string of the molecule is CC1CCC(C(=O)OC2(COC3CCOC3)CCC(N(C(=O)C3CCC(C)CC3)c3cc(C#CC(C)(C)C)sc3C(=O)O)CC2)CC1. The Hall–Kier alpha value is -2.41. The van der Waals surface area contributed by atoms with Crippen molar-refractivity contribution >= 4 is 34.9 Å². The van der Waals surface area contributed by atoms with E-state index in [9.17, 15) is 19.5 Å². The third-order valence-corrected chi connectivity index (χ3v) is 11.7. The number of esters is 1. The van der Waals surface area contributed by atoms with Gasteiger partial charge in [0.2, 0.25) is 5.91 Å². The molecule has 3 saturated carbocycles. The topological polar surface area (TPSA) is 102 Å². The maximum absolute atomic E-state index is 14.5. The van der Waals surface area contributed by atoms with Gasteiger partial charge in [0.25, 0.3) is 0 Å². The van der Waals surface area contributed by atoms with Crippen LogP contribution in [0.2, 0.25) is 0 Å². The highest BCUT2D eigenvalue weighted by Crippen LogP contribution is 2.42. The Morgan fingerprint density at radius 2 is 1.57 bits per heavy atom. The molecule has 0 radical (unpaired) electrons. The highest BCUT2D eigenvalue weighted by Gasteiger charge is 2.45. The third kappa shape index (κ3) is 9.39. The molecule has 1 atom stereocenters. The molecular weight excluding hydrogens is 614 g/mol. The molecule has 0 spiro atoms. The van der Waals surface area contributed by atoms with Gasteiger partial charge in [-0.2, -0.15) is 0 Å². The van der Waals surface area contributed by atoms with Crippen molar-refractivity contribution in [3.63, 3.8) is 0 Å². The molecule has 8 nitrogen and oxygen atoms in total. The summed E-state index contributed by atoms with van der Waals surface area (Å²) in [5, 5.41) is 10.3. The summed E-state index contributed by atoms with van der Waals surface area (Å²) in [6, 6.07) is 1.60. The summed E-state index contributed by atoms with van der Waals surface area (Å²) in [7, 11) is 0. The van der Waals surface area contributed by atoms with Gasteiger partial charge in [0.05, 0.1) is 35.8 Å². The summed E-state index contributed by atoms with van der Waals surface area (Å²) in [6.07, 6.45) is 10.5. The van der Waals surface area contributed by atoms with Crippen LogP contribution in [0.4, 0.5) is 5.69 Å². The molecule has 4 fully saturated rings. The minimum Gasteiger partial charge on any atom is -0.477 e. The molecule has 260 valence electrons. The standard InChI is InChI=1S/C38H55NO7S/c1-25-6-10-27(11-7-25)34(40)39(32-22-31(16-18-37(3,4)5)47-33(32)35(41)42)29-14-19-38(20-15-29,24-45-30-17-21-44-23-30)46-36(43)28-12-8-26(2)9-13-28/h22,25-30H,6-15,17,19-21,23-24H2,1-5H3,(H,41,42). The van der Waals surface area contributed by atoms with Gasteiger partial charge in [-0.05, 0) is 122 Å². The quantitative estimate of drug-likeness (QED) is 0.211. The molecule has 0 bridgehead atoms. The molecule has 1 aromatic heterocycles. The molecule has 3 aliphatic carbocycles. The summed E-state index contributed by atoms with van der Waals surface area (Å²) in [5.41, 5.74) is -0.564. The summed E-state index contributed by atoms with van der Waals surface area (Å²) in [4.78, 5) is 43.2. The number of thiophene rings is 1. The number of ether oxygens (including phenoxy) is 3. The zero-order valence-electron chi connectivity index (χ0n) is 29.1. The van der Waals surface area contributed by atoms with E-state index in [1.807, 2.05) is 31.7 Å². The van der Waals surface area contributed by atoms with E-state index in [-0.39, 0.29) is 46.2 Å². The van der Waals surface area contributed by atoms with E-state index in [4.69, 9.17) is 14.2 Å². The highest BCUT2D eigenvalue weighted by molar-refractivity contribution is 7.15. The average molecular weight is 670 g/mol. The number of hydrogen-bond donors (Lipinski definition) is 1. The molecule has 1 aliphatic heterocycles. The number of carboxylic acids is 1. The maximum atomic E-state index is 14.5. The van der Waals surface area contributed by atoms with E-state index in [2.05, 4.69) is 25.7 Å². The van der Waals surface area contributed by atoms with Gasteiger partial charge < -0.3 is 24.2 Å². The molecule has 1 saturated heterocycles. The van der Waals surface area contributed by atoms with Crippen molar-refractivity contribution in [2.75, 3.05) is 24.7 Å². The van der Waals surface area contributed by atoms with E-state index < -0.39 is 11.6 Å². The molecule has 1 amide bonds. The Labute approximate surface area is 285 Å². The van der Waals surface area contributed by atoms with Crippen molar-refractivity contribution in [2.24, 2.45) is 29.1 Å². The van der Waals surface area contributed by atoms with Crippen LogP contribution in [-0.2, 0) is 23.8 Å². The molecule has 1 unspecified atom stereocenters. The summed E-state index contributed by atoms with van der Waals surface area (Å²) < 4.78 is 18.3. The van der Waals surface area contributed by atoms with E-state index in [1.54, 1.807) is 0 Å². The maximum Gasteiger partial charge on any atom is 0.348 e. The normalized spacial score (nSPS) is 31.4. The van der Waals surface area contributed by atoms with Crippen LogP contribution < -0.4 is 4.90 Å². The number of nitrogens with zero attached hydrogens (tertiary/aromatic N) is 1. The first-order valence-electron chi connectivity index (χ1n) is 18.0. The smallest absolute Gasteiger partial charge is 0.348 e. The van der Waals surface area contributed by atoms with Gasteiger partial charge in [-0.1, -0.05) is 25.7 Å². The Balaban J connectivity index is 1.41. The van der Waals surface area contributed by atoms with E-state index in [1.165, 1.54) is 0 Å². The lowest BCUT2D eigenvalue weighted by Gasteiger charge is -2.44. The molecule has 5 rings (SSSR count). The lowest BCUT2D eigenvalue weighted by molar-refractivity contribution is -0.181. The van der Waals surface area contributed by atoms with Crippen molar-refractivity contribution in [3.05, 3.63) is 15.8 Å². The first-order valence-corrected chi connectivity index (χ1v) is 18.8. The number of hydrogen-bond acceptors (Lipinski definition) is 7. The molecule has 0 aromatic carbocycles. The molecule has 47 heavy (non-hydrogen) atoms. The van der Waals surface area contributed by atoms with Crippen LogP contribution >= 0.6 is 11.3 Å². The predicted molar refractivity (Wildman–Crippen MR) is 184 cm³/mol. The molecule has 2 heterocycles. The first-order chi connectivity index (χ1) is 22.3. The van der Waals surface area contributed by atoms with Gasteiger partial charge in [0.15, 0.2) is 0 Å². The number of amides is 1. The van der Waals surface area contributed by atoms with Gasteiger partial charge in [-0.15, -0.1) is 11.3 Å². The molecular formula is C38H55NO7S.